The van der Waals surface area contributed by atoms with Gasteiger partial charge in [0.05, 0.1) is 34.9 Å². The van der Waals surface area contributed by atoms with Crippen molar-refractivity contribution in [3.05, 3.63) is 27.7 Å². The molecule has 2 saturated heterocycles. The highest BCUT2D eigenvalue weighted by Gasteiger charge is 2.34. The van der Waals surface area contributed by atoms with Gasteiger partial charge in [0.15, 0.2) is 0 Å². The fraction of sp³-hybridized carbons (Fsp3) is 0.579. The van der Waals surface area contributed by atoms with Gasteiger partial charge in [-0.3, -0.25) is 4.79 Å². The van der Waals surface area contributed by atoms with Gasteiger partial charge in [-0.25, -0.2) is 4.79 Å². The Morgan fingerprint density at radius 3 is 2.21 bits per heavy atom. The smallest absolute Gasteiger partial charge is 0.410 e. The van der Waals surface area contributed by atoms with Gasteiger partial charge in [0.2, 0.25) is 0 Å². The molecule has 9 heteroatoms. The largest absolute Gasteiger partial charge is 0.444 e. The molecule has 0 aliphatic carbocycles. The Kier molecular flexibility index (Phi) is 6.27. The molecule has 1 N–H and O–H groups in total. The molecule has 2 fully saturated rings. The van der Waals surface area contributed by atoms with E-state index in [9.17, 15) is 9.59 Å². The average molecular weight is 430 g/mol. The molecule has 0 aromatic heterocycles. The van der Waals surface area contributed by atoms with E-state index >= 15 is 0 Å². The summed E-state index contributed by atoms with van der Waals surface area (Å²) in [5.74, 6) is -0.190. The minimum atomic E-state index is -0.514. The Balaban J connectivity index is 1.59. The van der Waals surface area contributed by atoms with Crippen molar-refractivity contribution in [1.29, 1.82) is 0 Å². The third-order valence-electron chi connectivity index (χ3n) is 4.46. The zero-order valence-electron chi connectivity index (χ0n) is 16.3. The van der Waals surface area contributed by atoms with Crippen LogP contribution in [0, 0.1) is 0 Å². The maximum Gasteiger partial charge on any atom is 0.410 e. The van der Waals surface area contributed by atoms with Gasteiger partial charge in [-0.1, -0.05) is 23.2 Å². The van der Waals surface area contributed by atoms with Crippen LogP contribution >= 0.6 is 23.2 Å². The van der Waals surface area contributed by atoms with Gasteiger partial charge in [-0.15, -0.1) is 0 Å². The summed E-state index contributed by atoms with van der Waals surface area (Å²) >= 11 is 12.7. The van der Waals surface area contributed by atoms with Crippen molar-refractivity contribution in [1.82, 2.24) is 9.80 Å². The van der Waals surface area contributed by atoms with Crippen molar-refractivity contribution < 1.29 is 19.1 Å². The third kappa shape index (κ3) is 5.01. The maximum absolute atomic E-state index is 12.7. The molecule has 3 rings (SSSR count). The fourth-order valence-corrected chi connectivity index (χ4v) is 3.72. The molecule has 2 aliphatic heterocycles. The molecule has 2 amide bonds. The monoisotopic (exact) mass is 429 g/mol. The number of likely N-dealkylation sites (tertiary alicyclic amines) is 1. The summed E-state index contributed by atoms with van der Waals surface area (Å²) in [5, 5.41) is 3.89. The van der Waals surface area contributed by atoms with Crippen LogP contribution in [0.1, 0.15) is 31.1 Å². The number of carbonyl (C=O) groups excluding carboxylic acids is 2. The molecular weight excluding hydrogens is 405 g/mol. The second-order valence-corrected chi connectivity index (χ2v) is 8.76. The van der Waals surface area contributed by atoms with Gasteiger partial charge in [0, 0.05) is 31.9 Å². The molecule has 28 heavy (non-hydrogen) atoms. The first-order chi connectivity index (χ1) is 13.1. The third-order valence-corrected chi connectivity index (χ3v) is 5.05. The summed E-state index contributed by atoms with van der Waals surface area (Å²) in [4.78, 5) is 28.0. The predicted octanol–water partition coefficient (Wildman–Crippen LogP) is 3.50. The number of carbonyl (C=O) groups is 2. The lowest BCUT2D eigenvalue weighted by Gasteiger charge is -2.40. The molecule has 1 aromatic carbocycles. The van der Waals surface area contributed by atoms with E-state index < -0.39 is 5.60 Å². The van der Waals surface area contributed by atoms with Crippen LogP contribution in [-0.4, -0.2) is 72.8 Å². The van der Waals surface area contributed by atoms with E-state index in [0.717, 1.165) is 0 Å². The minimum absolute atomic E-state index is 0.0699. The summed E-state index contributed by atoms with van der Waals surface area (Å²) < 4.78 is 10.6. The number of nitrogens with one attached hydrogen (secondary N) is 1. The van der Waals surface area contributed by atoms with E-state index in [1.54, 1.807) is 21.9 Å². The lowest BCUT2D eigenvalue weighted by molar-refractivity contribution is 0.0105. The van der Waals surface area contributed by atoms with Crippen LogP contribution in [0.3, 0.4) is 0 Å². The Morgan fingerprint density at radius 1 is 1.11 bits per heavy atom. The van der Waals surface area contributed by atoms with E-state index in [0.29, 0.717) is 60.7 Å². The summed E-state index contributed by atoms with van der Waals surface area (Å²) in [6.07, 6.45) is -0.326. The molecule has 0 atom stereocenters. The maximum atomic E-state index is 12.7. The molecule has 154 valence electrons. The highest BCUT2D eigenvalue weighted by atomic mass is 35.5. The summed E-state index contributed by atoms with van der Waals surface area (Å²) in [6, 6.07) is 3.45. The van der Waals surface area contributed by atoms with Gasteiger partial charge in [0.1, 0.15) is 5.60 Å². The molecule has 2 heterocycles. The Labute approximate surface area is 174 Å². The van der Waals surface area contributed by atoms with Crippen molar-refractivity contribution in [2.24, 2.45) is 0 Å². The first kappa shape index (κ1) is 21.0. The van der Waals surface area contributed by atoms with Gasteiger partial charge in [0.25, 0.3) is 5.91 Å². The van der Waals surface area contributed by atoms with E-state index in [1.807, 2.05) is 20.8 Å². The molecule has 0 radical (unpaired) electrons. The van der Waals surface area contributed by atoms with Gasteiger partial charge in [-0.05, 0) is 32.9 Å². The average Bonchev–Trinajstić information content (AvgIpc) is 2.56. The van der Waals surface area contributed by atoms with Crippen molar-refractivity contribution in [2.45, 2.75) is 32.4 Å². The van der Waals surface area contributed by atoms with Crippen molar-refractivity contribution in [3.8, 4) is 0 Å². The Hall–Kier alpha value is -1.70. The summed E-state index contributed by atoms with van der Waals surface area (Å²) in [6.45, 7) is 8.63. The van der Waals surface area contributed by atoms with Gasteiger partial charge in [-0.2, -0.15) is 0 Å². The number of ether oxygens (including phenoxy) is 2. The highest BCUT2D eigenvalue weighted by Crippen LogP contribution is 2.31. The topological polar surface area (TPSA) is 71.1 Å². The van der Waals surface area contributed by atoms with E-state index in [2.05, 4.69) is 5.32 Å². The van der Waals surface area contributed by atoms with E-state index in [-0.39, 0.29) is 18.0 Å². The standard InChI is InChI=1S/C19H25Cl2N3O4/c1-19(2,3)28-18(26)24-10-13(11-24)22-12-8-14(20)16(15(21)9-12)17(25)23-4-6-27-7-5-23/h8-9,13,22H,4-7,10-11H2,1-3H3. The van der Waals surface area contributed by atoms with Crippen molar-refractivity contribution >= 4 is 40.9 Å². The van der Waals surface area contributed by atoms with Crippen molar-refractivity contribution in [2.75, 3.05) is 44.7 Å². The van der Waals surface area contributed by atoms with E-state index in [1.165, 1.54) is 0 Å². The first-order valence-electron chi connectivity index (χ1n) is 9.24. The van der Waals surface area contributed by atoms with Crippen LogP contribution in [0.5, 0.6) is 0 Å². The number of morpholine rings is 1. The molecule has 0 bridgehead atoms. The van der Waals surface area contributed by atoms with Crippen LogP contribution in [-0.2, 0) is 9.47 Å². The molecule has 2 aliphatic rings. The number of hydrogen-bond donors (Lipinski definition) is 1. The van der Waals surface area contributed by atoms with Crippen molar-refractivity contribution in [3.63, 3.8) is 0 Å². The lowest BCUT2D eigenvalue weighted by Crippen LogP contribution is -2.57. The number of anilines is 1. The van der Waals surface area contributed by atoms with Crippen LogP contribution in [0.2, 0.25) is 10.0 Å². The molecule has 7 nitrogen and oxygen atoms in total. The van der Waals surface area contributed by atoms with Crippen LogP contribution < -0.4 is 5.32 Å². The zero-order chi connectivity index (χ0) is 20.5. The summed E-state index contributed by atoms with van der Waals surface area (Å²) in [5.41, 5.74) is 0.501. The fourth-order valence-electron chi connectivity index (χ4n) is 3.07. The van der Waals surface area contributed by atoms with Crippen LogP contribution in [0.15, 0.2) is 12.1 Å². The molecule has 1 aromatic rings. The quantitative estimate of drug-likeness (QED) is 0.795. The Morgan fingerprint density at radius 2 is 1.68 bits per heavy atom. The number of rotatable bonds is 3. The van der Waals surface area contributed by atoms with E-state index in [4.69, 9.17) is 32.7 Å². The number of amides is 2. The lowest BCUT2D eigenvalue weighted by atomic mass is 10.1. The number of halogens is 2. The van der Waals surface area contributed by atoms with Crippen LogP contribution in [0.4, 0.5) is 10.5 Å². The minimum Gasteiger partial charge on any atom is -0.444 e. The molecule has 0 saturated carbocycles. The second-order valence-electron chi connectivity index (χ2n) is 7.95. The summed E-state index contributed by atoms with van der Waals surface area (Å²) in [7, 11) is 0. The highest BCUT2D eigenvalue weighted by molar-refractivity contribution is 6.40. The predicted molar refractivity (Wildman–Crippen MR) is 108 cm³/mol. The second kappa shape index (κ2) is 8.35. The SMILES string of the molecule is CC(C)(C)OC(=O)N1CC(Nc2cc(Cl)c(C(=O)N3CCOCC3)c(Cl)c2)C1. The van der Waals surface area contributed by atoms with Gasteiger partial charge >= 0.3 is 6.09 Å². The zero-order valence-corrected chi connectivity index (χ0v) is 17.8. The number of benzene rings is 1. The first-order valence-corrected chi connectivity index (χ1v) is 10.00. The molecule has 0 unspecified atom stereocenters. The number of nitrogens with zero attached hydrogens (tertiary/aromatic N) is 2. The molecular formula is C19H25Cl2N3O4. The van der Waals surface area contributed by atoms with Crippen LogP contribution in [0.25, 0.3) is 0 Å². The van der Waals surface area contributed by atoms with Gasteiger partial charge < -0.3 is 24.6 Å². The molecule has 0 spiro atoms. The number of hydrogen-bond acceptors (Lipinski definition) is 5. The Bertz CT molecular complexity index is 731. The normalized spacial score (nSPS) is 17.9.